The van der Waals surface area contributed by atoms with E-state index in [1.807, 2.05) is 0 Å². The van der Waals surface area contributed by atoms with Crippen molar-refractivity contribution in [3.63, 3.8) is 0 Å². The molecule has 0 bridgehead atoms. The lowest BCUT2D eigenvalue weighted by Crippen LogP contribution is -2.14. The van der Waals surface area contributed by atoms with Crippen LogP contribution in [0.2, 0.25) is 6.04 Å². The second-order valence-corrected chi connectivity index (χ2v) is 5.40. The fourth-order valence-electron chi connectivity index (χ4n) is 1.24. The van der Waals surface area contributed by atoms with Crippen LogP contribution >= 0.6 is 0 Å². The highest BCUT2D eigenvalue weighted by Crippen LogP contribution is 2.19. The van der Waals surface area contributed by atoms with Crippen molar-refractivity contribution < 1.29 is 21.9 Å². The third kappa shape index (κ3) is 9.76. The van der Waals surface area contributed by atoms with Crippen LogP contribution in [0.1, 0.15) is 32.6 Å². The smallest absolute Gasteiger partial charge is 0.460 e. The maximum atomic E-state index is 11.9. The van der Waals surface area contributed by atoms with Crippen LogP contribution in [-0.4, -0.2) is 21.1 Å². The molecule has 2 nitrogen and oxygen atoms in total. The number of unbranched alkanes of at least 4 members (excludes halogenated alkanes) is 2. The zero-order valence-electron chi connectivity index (χ0n) is 9.35. The summed E-state index contributed by atoms with van der Waals surface area (Å²) >= 11 is 0. The van der Waals surface area contributed by atoms with Crippen LogP contribution < -0.4 is 0 Å². The molecule has 0 aliphatic heterocycles. The Morgan fingerprint density at radius 3 is 2.50 bits per heavy atom. The van der Waals surface area contributed by atoms with Gasteiger partial charge in [0.1, 0.15) is 0 Å². The summed E-state index contributed by atoms with van der Waals surface area (Å²) in [6, 6.07) is -0.603. The Balaban J connectivity index is 3.45. The van der Waals surface area contributed by atoms with E-state index in [2.05, 4.69) is 6.58 Å². The van der Waals surface area contributed by atoms with E-state index >= 15 is 0 Å². The number of carbonyl (C=O) groups is 1. The van der Waals surface area contributed by atoms with Gasteiger partial charge in [-0.05, 0) is 26.2 Å². The molecule has 0 saturated heterocycles. The summed E-state index contributed by atoms with van der Waals surface area (Å²) in [4.78, 5) is 10.8. The predicted octanol–water partition coefficient (Wildman–Crippen LogP) is 3.51. The number of rotatable bonds is 8. The van der Waals surface area contributed by atoms with E-state index in [1.54, 1.807) is 6.92 Å². The van der Waals surface area contributed by atoms with Crippen molar-refractivity contribution >= 4 is 15.0 Å². The Morgan fingerprint density at radius 1 is 1.38 bits per heavy atom. The molecular formula is C10H17F3O2Si. The molecule has 0 heterocycles. The largest absolute Gasteiger partial charge is 0.616 e. The van der Waals surface area contributed by atoms with Gasteiger partial charge in [-0.2, -0.15) is 0 Å². The normalized spacial score (nSPS) is 13.2. The van der Waals surface area contributed by atoms with E-state index in [9.17, 15) is 17.1 Å². The van der Waals surface area contributed by atoms with Crippen molar-refractivity contribution in [2.75, 3.05) is 0 Å². The molecule has 16 heavy (non-hydrogen) atoms. The van der Waals surface area contributed by atoms with Crippen molar-refractivity contribution in [3.8, 4) is 0 Å². The van der Waals surface area contributed by atoms with Gasteiger partial charge in [0.25, 0.3) is 0 Å². The lowest BCUT2D eigenvalue weighted by Gasteiger charge is -2.11. The highest BCUT2D eigenvalue weighted by molar-refractivity contribution is 6.58. The maximum absolute atomic E-state index is 11.9. The van der Waals surface area contributed by atoms with Crippen LogP contribution in [0.5, 0.6) is 0 Å². The first kappa shape index (κ1) is 15.2. The summed E-state index contributed by atoms with van der Waals surface area (Å²) in [6.07, 6.45) is 2.79. The lowest BCUT2D eigenvalue weighted by atomic mass is 10.1. The molecular weight excluding hydrogens is 237 g/mol. The van der Waals surface area contributed by atoms with Gasteiger partial charge < -0.3 is 4.74 Å². The van der Waals surface area contributed by atoms with Crippen molar-refractivity contribution in [2.24, 2.45) is 0 Å². The van der Waals surface area contributed by atoms with Gasteiger partial charge in [-0.25, -0.2) is 17.1 Å². The Bertz CT molecular complexity index is 229. The molecule has 0 spiro atoms. The quantitative estimate of drug-likeness (QED) is 0.218. The zero-order valence-corrected chi connectivity index (χ0v) is 10.3. The van der Waals surface area contributed by atoms with Crippen LogP contribution in [0.4, 0.5) is 12.3 Å². The summed E-state index contributed by atoms with van der Waals surface area (Å²) in [5.41, 5.74) is 0. The predicted molar refractivity (Wildman–Crippen MR) is 58.1 cm³/mol. The molecule has 0 amide bonds. The van der Waals surface area contributed by atoms with E-state index < -0.39 is 21.1 Å². The van der Waals surface area contributed by atoms with Gasteiger partial charge in [0, 0.05) is 12.1 Å². The Kier molecular flexibility index (Phi) is 7.12. The molecule has 0 N–H and O–H groups in total. The molecule has 94 valence electrons. The molecule has 0 aromatic rings. The molecule has 0 fully saturated rings. The first-order valence-corrected chi connectivity index (χ1v) is 7.09. The Morgan fingerprint density at radius 2 is 2.00 bits per heavy atom. The molecule has 0 aromatic carbocycles. The molecule has 0 radical (unpaired) electrons. The van der Waals surface area contributed by atoms with Gasteiger partial charge in [-0.3, -0.25) is 0 Å². The zero-order chi connectivity index (χ0) is 12.6. The van der Waals surface area contributed by atoms with Gasteiger partial charge in [0.2, 0.25) is 0 Å². The van der Waals surface area contributed by atoms with E-state index in [4.69, 9.17) is 4.74 Å². The van der Waals surface area contributed by atoms with Crippen LogP contribution in [0, 0.1) is 0 Å². The third-order valence-corrected chi connectivity index (χ3v) is 2.98. The maximum Gasteiger partial charge on any atom is 0.616 e. The minimum Gasteiger partial charge on any atom is -0.460 e. The van der Waals surface area contributed by atoms with E-state index in [0.29, 0.717) is 19.3 Å². The summed E-state index contributed by atoms with van der Waals surface area (Å²) in [6.45, 7) is 4.98. The fourth-order valence-corrected chi connectivity index (χ4v) is 1.89. The molecule has 6 heteroatoms. The summed E-state index contributed by atoms with van der Waals surface area (Å²) in [5, 5.41) is 0. The van der Waals surface area contributed by atoms with Crippen LogP contribution in [0.3, 0.4) is 0 Å². The highest BCUT2D eigenvalue weighted by Gasteiger charge is 2.35. The molecule has 0 aliphatic carbocycles. The fraction of sp³-hybridized carbons (Fsp3) is 0.700. The minimum atomic E-state index is -5.37. The topological polar surface area (TPSA) is 26.3 Å². The number of ether oxygens (including phenoxy) is 1. The standard InChI is InChI=1S/C10H17F3O2Si/c1-3-10(14)15-9(2)7-5-4-6-8-16(11,12)13/h3,9H,1,4-8H2,2H3. The molecule has 1 unspecified atom stereocenters. The number of hydrogen-bond acceptors (Lipinski definition) is 2. The van der Waals surface area contributed by atoms with Gasteiger partial charge in [0.15, 0.2) is 0 Å². The van der Waals surface area contributed by atoms with Crippen LogP contribution in [0.15, 0.2) is 12.7 Å². The van der Waals surface area contributed by atoms with Crippen molar-refractivity contribution in [1.29, 1.82) is 0 Å². The number of esters is 1. The van der Waals surface area contributed by atoms with Gasteiger partial charge >= 0.3 is 15.0 Å². The summed E-state index contributed by atoms with van der Waals surface area (Å²) in [7, 11) is -5.37. The van der Waals surface area contributed by atoms with Gasteiger partial charge in [-0.1, -0.05) is 13.0 Å². The summed E-state index contributed by atoms with van der Waals surface area (Å²) in [5.74, 6) is -0.491. The van der Waals surface area contributed by atoms with E-state index in [1.165, 1.54) is 0 Å². The molecule has 0 rings (SSSR count). The van der Waals surface area contributed by atoms with Crippen molar-refractivity contribution in [3.05, 3.63) is 12.7 Å². The second-order valence-electron chi connectivity index (χ2n) is 3.67. The molecule has 1 atom stereocenters. The number of carbonyl (C=O) groups excluding carboxylic acids is 1. The van der Waals surface area contributed by atoms with Gasteiger partial charge in [-0.15, -0.1) is 0 Å². The van der Waals surface area contributed by atoms with Crippen molar-refractivity contribution in [2.45, 2.75) is 44.8 Å². The first-order valence-electron chi connectivity index (χ1n) is 5.25. The van der Waals surface area contributed by atoms with Crippen LogP contribution in [-0.2, 0) is 9.53 Å². The first-order chi connectivity index (χ1) is 7.35. The Labute approximate surface area is 95.0 Å². The lowest BCUT2D eigenvalue weighted by molar-refractivity contribution is -0.142. The van der Waals surface area contributed by atoms with Crippen molar-refractivity contribution in [1.82, 2.24) is 0 Å². The molecule has 0 saturated carbocycles. The van der Waals surface area contributed by atoms with E-state index in [0.717, 1.165) is 6.08 Å². The molecule has 0 aliphatic rings. The minimum absolute atomic E-state index is 0.192. The second kappa shape index (κ2) is 7.48. The average Bonchev–Trinajstić information content (AvgIpc) is 2.15. The SMILES string of the molecule is C=CC(=O)OC(C)CCCCC[Si](F)(F)F. The molecule has 0 aromatic heterocycles. The monoisotopic (exact) mass is 254 g/mol. The Hall–Kier alpha value is -0.783. The third-order valence-electron chi connectivity index (χ3n) is 2.05. The summed E-state index contributed by atoms with van der Waals surface area (Å²) < 4.78 is 40.6. The van der Waals surface area contributed by atoms with Crippen LogP contribution in [0.25, 0.3) is 0 Å². The average molecular weight is 254 g/mol. The van der Waals surface area contributed by atoms with E-state index in [-0.39, 0.29) is 12.5 Å². The number of hydrogen-bond donors (Lipinski definition) is 0. The van der Waals surface area contributed by atoms with Gasteiger partial charge in [0.05, 0.1) is 6.10 Å². The number of halogens is 3. The highest BCUT2D eigenvalue weighted by atomic mass is 28.5.